The third-order valence-corrected chi connectivity index (χ3v) is 5.30. The van der Waals surface area contributed by atoms with Gasteiger partial charge in [-0.2, -0.15) is 0 Å². The van der Waals surface area contributed by atoms with Crippen molar-refractivity contribution < 1.29 is 38.6 Å². The topological polar surface area (TPSA) is 131 Å². The van der Waals surface area contributed by atoms with Crippen molar-refractivity contribution in [3.8, 4) is 0 Å². The molecule has 0 radical (unpaired) electrons. The van der Waals surface area contributed by atoms with Gasteiger partial charge in [0, 0.05) is 69.6 Å². The molecule has 1 N–H and O–H groups in total. The van der Waals surface area contributed by atoms with Gasteiger partial charge in [0.2, 0.25) is 11.8 Å². The highest BCUT2D eigenvalue weighted by atomic mass is 16.6. The maximum absolute atomic E-state index is 11.2. The zero-order valence-electron chi connectivity index (χ0n) is 22.1. The highest BCUT2D eigenvalue weighted by Crippen LogP contribution is 2.15. The Morgan fingerprint density at radius 1 is 0.639 bits per heavy atom. The first-order chi connectivity index (χ1) is 16.6. The Balaban J connectivity index is 0.000000525. The van der Waals surface area contributed by atoms with Crippen LogP contribution < -0.4 is 0 Å². The molecule has 2 aliphatic heterocycles. The molecule has 0 bridgehead atoms. The molecule has 0 saturated carbocycles. The zero-order valence-corrected chi connectivity index (χ0v) is 22.1. The standard InChI is InChI=1S/C11H17NO3.C8H10O3.C7H13NO2/c1-8(2)11(14)15-10-4-6-12(7-5-10)9(3)13;1-5(2)7(9)11-8(10)6(3)4;1-6(9)8-4-2-7(10)3-5-8/h10H,1,4-7H2,2-3H3;1,3H2,2,4H3;7,10H,2-5H2,1H3. The number of aliphatic hydroxyl groups is 1. The van der Waals surface area contributed by atoms with Gasteiger partial charge in [-0.05, 0) is 33.6 Å². The summed E-state index contributed by atoms with van der Waals surface area (Å²) in [6, 6.07) is 0. The second-order valence-electron chi connectivity index (χ2n) is 8.87. The number of piperidine rings is 2. The summed E-state index contributed by atoms with van der Waals surface area (Å²) in [6.45, 7) is 20.6. The molecule has 0 spiro atoms. The first-order valence-corrected chi connectivity index (χ1v) is 11.8. The molecule has 0 aromatic heterocycles. The number of hydrogen-bond donors (Lipinski definition) is 1. The minimum atomic E-state index is -0.710. The number of amides is 2. The lowest BCUT2D eigenvalue weighted by molar-refractivity contribution is -0.154. The van der Waals surface area contributed by atoms with Gasteiger partial charge in [0.15, 0.2) is 0 Å². The summed E-state index contributed by atoms with van der Waals surface area (Å²) in [6.07, 6.45) is 2.66. The number of ether oxygens (including phenoxy) is 2. The lowest BCUT2D eigenvalue weighted by Gasteiger charge is -2.30. The summed E-state index contributed by atoms with van der Waals surface area (Å²) in [7, 11) is 0. The molecular formula is C26H40N2O8. The van der Waals surface area contributed by atoms with E-state index in [-0.39, 0.29) is 41.1 Å². The van der Waals surface area contributed by atoms with Crippen molar-refractivity contribution in [3.63, 3.8) is 0 Å². The van der Waals surface area contributed by atoms with Crippen LogP contribution in [0, 0.1) is 0 Å². The van der Waals surface area contributed by atoms with E-state index in [0.717, 1.165) is 38.8 Å². The van der Waals surface area contributed by atoms with Crippen molar-refractivity contribution >= 4 is 29.7 Å². The van der Waals surface area contributed by atoms with E-state index in [1.54, 1.807) is 30.6 Å². The predicted octanol–water partition coefficient (Wildman–Crippen LogP) is 2.31. The first kappa shape index (κ1) is 32.7. The Morgan fingerprint density at radius 2 is 0.972 bits per heavy atom. The number of nitrogens with zero attached hydrogens (tertiary/aromatic N) is 2. The average Bonchev–Trinajstić information content (AvgIpc) is 2.80. The molecule has 0 aromatic rings. The Morgan fingerprint density at radius 3 is 1.28 bits per heavy atom. The van der Waals surface area contributed by atoms with Gasteiger partial charge < -0.3 is 24.4 Å². The molecule has 0 atom stereocenters. The SMILES string of the molecule is C=C(C)C(=O)OC(=O)C(=C)C.C=C(C)C(=O)OC1CCN(C(C)=O)CC1.CC(=O)N1CCC(O)CC1. The molecule has 2 rings (SSSR count). The fourth-order valence-electron chi connectivity index (χ4n) is 2.98. The molecule has 202 valence electrons. The molecule has 2 amide bonds. The van der Waals surface area contributed by atoms with Crippen LogP contribution in [0.25, 0.3) is 0 Å². The molecule has 2 heterocycles. The van der Waals surface area contributed by atoms with E-state index in [1.807, 2.05) is 0 Å². The largest absolute Gasteiger partial charge is 0.459 e. The highest BCUT2D eigenvalue weighted by molar-refractivity contribution is 6.00. The van der Waals surface area contributed by atoms with E-state index in [0.29, 0.717) is 18.7 Å². The number of hydrogen-bond acceptors (Lipinski definition) is 8. The van der Waals surface area contributed by atoms with Gasteiger partial charge in [0.05, 0.1) is 6.10 Å². The van der Waals surface area contributed by atoms with Crippen molar-refractivity contribution in [1.29, 1.82) is 0 Å². The van der Waals surface area contributed by atoms with E-state index in [2.05, 4.69) is 24.5 Å². The van der Waals surface area contributed by atoms with Gasteiger partial charge >= 0.3 is 17.9 Å². The van der Waals surface area contributed by atoms with Crippen LogP contribution in [-0.2, 0) is 33.4 Å². The van der Waals surface area contributed by atoms with E-state index >= 15 is 0 Å². The number of likely N-dealkylation sites (tertiary alicyclic amines) is 2. The quantitative estimate of drug-likeness (QED) is 0.348. The van der Waals surface area contributed by atoms with Gasteiger partial charge in [-0.1, -0.05) is 19.7 Å². The normalized spacial score (nSPS) is 15.7. The average molecular weight is 509 g/mol. The second kappa shape index (κ2) is 16.4. The Bertz CT molecular complexity index is 824. The summed E-state index contributed by atoms with van der Waals surface area (Å²) in [4.78, 5) is 57.9. The van der Waals surface area contributed by atoms with Crippen molar-refractivity contribution in [2.24, 2.45) is 0 Å². The van der Waals surface area contributed by atoms with Crippen molar-refractivity contribution in [1.82, 2.24) is 9.80 Å². The molecular weight excluding hydrogens is 468 g/mol. The third kappa shape index (κ3) is 13.6. The lowest BCUT2D eigenvalue weighted by atomic mass is 10.1. The maximum atomic E-state index is 11.2. The van der Waals surface area contributed by atoms with E-state index in [9.17, 15) is 24.0 Å². The lowest BCUT2D eigenvalue weighted by Crippen LogP contribution is -2.40. The summed E-state index contributed by atoms with van der Waals surface area (Å²) >= 11 is 0. The Labute approximate surface area is 213 Å². The van der Waals surface area contributed by atoms with Gasteiger partial charge in [-0.15, -0.1) is 0 Å². The highest BCUT2D eigenvalue weighted by Gasteiger charge is 2.23. The third-order valence-electron chi connectivity index (χ3n) is 5.30. The van der Waals surface area contributed by atoms with Crippen LogP contribution in [0.3, 0.4) is 0 Å². The number of aliphatic hydroxyl groups excluding tert-OH is 1. The minimum Gasteiger partial charge on any atom is -0.459 e. The van der Waals surface area contributed by atoms with Gasteiger partial charge in [-0.3, -0.25) is 9.59 Å². The van der Waals surface area contributed by atoms with Crippen LogP contribution in [0.2, 0.25) is 0 Å². The van der Waals surface area contributed by atoms with Crippen LogP contribution in [0.15, 0.2) is 36.5 Å². The summed E-state index contributed by atoms with van der Waals surface area (Å²) in [5.41, 5.74) is 0.809. The Hall–Kier alpha value is -3.27. The maximum Gasteiger partial charge on any atom is 0.340 e. The van der Waals surface area contributed by atoms with Gasteiger partial charge in [0.25, 0.3) is 0 Å². The molecule has 10 heteroatoms. The molecule has 10 nitrogen and oxygen atoms in total. The smallest absolute Gasteiger partial charge is 0.340 e. The summed E-state index contributed by atoms with van der Waals surface area (Å²) in [5.74, 6) is -1.56. The van der Waals surface area contributed by atoms with Crippen molar-refractivity contribution in [3.05, 3.63) is 36.5 Å². The van der Waals surface area contributed by atoms with Gasteiger partial charge in [0.1, 0.15) is 6.10 Å². The monoisotopic (exact) mass is 508 g/mol. The molecule has 0 unspecified atom stereocenters. The fraction of sp³-hybridized carbons (Fsp3) is 0.577. The first-order valence-electron chi connectivity index (χ1n) is 11.8. The number of carbonyl (C=O) groups is 5. The molecule has 36 heavy (non-hydrogen) atoms. The molecule has 2 fully saturated rings. The summed E-state index contributed by atoms with van der Waals surface area (Å²) < 4.78 is 9.50. The predicted molar refractivity (Wildman–Crippen MR) is 134 cm³/mol. The summed E-state index contributed by atoms with van der Waals surface area (Å²) in [5, 5.41) is 9.07. The fourth-order valence-corrected chi connectivity index (χ4v) is 2.98. The number of carbonyl (C=O) groups excluding carboxylic acids is 5. The Kier molecular flexibility index (Phi) is 14.9. The van der Waals surface area contributed by atoms with Crippen LogP contribution in [-0.4, -0.2) is 83.0 Å². The number of esters is 3. The van der Waals surface area contributed by atoms with Crippen molar-refractivity contribution in [2.75, 3.05) is 26.2 Å². The zero-order chi connectivity index (χ0) is 28.0. The number of rotatable bonds is 4. The van der Waals surface area contributed by atoms with Crippen molar-refractivity contribution in [2.45, 2.75) is 72.5 Å². The van der Waals surface area contributed by atoms with Crippen LogP contribution >= 0.6 is 0 Å². The van der Waals surface area contributed by atoms with Gasteiger partial charge in [-0.25, -0.2) is 14.4 Å². The van der Waals surface area contributed by atoms with Crippen LogP contribution in [0.5, 0.6) is 0 Å². The molecule has 0 aliphatic carbocycles. The molecule has 2 saturated heterocycles. The van der Waals surface area contributed by atoms with E-state index in [1.165, 1.54) is 13.8 Å². The minimum absolute atomic E-state index is 0.0650. The van der Waals surface area contributed by atoms with Crippen LogP contribution in [0.1, 0.15) is 60.3 Å². The molecule has 0 aromatic carbocycles. The van der Waals surface area contributed by atoms with E-state index in [4.69, 9.17) is 9.84 Å². The molecule has 2 aliphatic rings. The van der Waals surface area contributed by atoms with Crippen LogP contribution in [0.4, 0.5) is 0 Å². The van der Waals surface area contributed by atoms with E-state index < -0.39 is 11.9 Å². The second-order valence-corrected chi connectivity index (χ2v) is 8.87.